The van der Waals surface area contributed by atoms with E-state index in [-0.39, 0.29) is 0 Å². The topological polar surface area (TPSA) is 58.3 Å². The van der Waals surface area contributed by atoms with E-state index in [1.807, 2.05) is 31.2 Å². The van der Waals surface area contributed by atoms with Crippen LogP contribution in [0.25, 0.3) is 0 Å². The second kappa shape index (κ2) is 5.87. The lowest BCUT2D eigenvalue weighted by atomic mass is 10.0. The summed E-state index contributed by atoms with van der Waals surface area (Å²) in [4.78, 5) is 0. The lowest BCUT2D eigenvalue weighted by Crippen LogP contribution is -2.37. The molecule has 3 heteroatoms. The highest BCUT2D eigenvalue weighted by Crippen LogP contribution is 2.12. The van der Waals surface area contributed by atoms with E-state index in [4.69, 9.17) is 5.73 Å². The first-order chi connectivity index (χ1) is 7.55. The van der Waals surface area contributed by atoms with Crippen LogP contribution < -0.4 is 11.1 Å². The molecule has 0 heterocycles. The standard InChI is InChI=1S/C13H22N2O/c1-3-8-13(2,16)10-15-9-11-6-4-5-7-12(11)14/h4-7,15-16H,3,8-10,14H2,1-2H3. The number of hydrogen-bond donors (Lipinski definition) is 3. The van der Waals surface area contributed by atoms with Gasteiger partial charge in [-0.1, -0.05) is 31.5 Å². The van der Waals surface area contributed by atoms with Crippen LogP contribution >= 0.6 is 0 Å². The Kier molecular flexibility index (Phi) is 4.77. The Bertz CT molecular complexity index is 323. The molecule has 0 saturated carbocycles. The number of anilines is 1. The van der Waals surface area contributed by atoms with Crippen molar-refractivity contribution in [3.8, 4) is 0 Å². The second-order valence-corrected chi connectivity index (χ2v) is 4.55. The van der Waals surface area contributed by atoms with Crippen LogP contribution in [0.1, 0.15) is 32.3 Å². The third kappa shape index (κ3) is 4.21. The van der Waals surface area contributed by atoms with Gasteiger partial charge in [0, 0.05) is 18.8 Å². The molecule has 4 N–H and O–H groups in total. The van der Waals surface area contributed by atoms with Crippen molar-refractivity contribution in [3.05, 3.63) is 29.8 Å². The molecule has 1 aromatic rings. The molecule has 0 aliphatic heterocycles. The maximum Gasteiger partial charge on any atom is 0.0743 e. The number of nitrogens with one attached hydrogen (secondary N) is 1. The zero-order valence-corrected chi connectivity index (χ0v) is 10.2. The molecule has 3 nitrogen and oxygen atoms in total. The average Bonchev–Trinajstić information content (AvgIpc) is 2.20. The molecule has 0 fully saturated rings. The summed E-state index contributed by atoms with van der Waals surface area (Å²) in [6.07, 6.45) is 1.80. The molecule has 0 spiro atoms. The summed E-state index contributed by atoms with van der Waals surface area (Å²) in [6.45, 7) is 5.23. The molecule has 90 valence electrons. The number of para-hydroxylation sites is 1. The molecule has 0 aliphatic carbocycles. The Morgan fingerprint density at radius 2 is 2.06 bits per heavy atom. The average molecular weight is 222 g/mol. The van der Waals surface area contributed by atoms with Crippen LogP contribution in [-0.2, 0) is 6.54 Å². The fraction of sp³-hybridized carbons (Fsp3) is 0.538. The van der Waals surface area contributed by atoms with Gasteiger partial charge < -0.3 is 16.2 Å². The van der Waals surface area contributed by atoms with Gasteiger partial charge in [0.2, 0.25) is 0 Å². The molecular weight excluding hydrogens is 200 g/mol. The Morgan fingerprint density at radius 3 is 2.69 bits per heavy atom. The second-order valence-electron chi connectivity index (χ2n) is 4.55. The lowest BCUT2D eigenvalue weighted by Gasteiger charge is -2.23. The van der Waals surface area contributed by atoms with E-state index in [1.165, 1.54) is 0 Å². The molecule has 0 aromatic heterocycles. The van der Waals surface area contributed by atoms with Crippen LogP contribution in [0.2, 0.25) is 0 Å². The Labute approximate surface area is 97.7 Å². The molecule has 0 amide bonds. The van der Waals surface area contributed by atoms with Crippen molar-refractivity contribution < 1.29 is 5.11 Å². The van der Waals surface area contributed by atoms with Crippen molar-refractivity contribution >= 4 is 5.69 Å². The van der Waals surface area contributed by atoms with Crippen LogP contribution in [0.5, 0.6) is 0 Å². The molecular formula is C13H22N2O. The van der Waals surface area contributed by atoms with Crippen molar-refractivity contribution in [3.63, 3.8) is 0 Å². The van der Waals surface area contributed by atoms with Gasteiger partial charge in [0.1, 0.15) is 0 Å². The van der Waals surface area contributed by atoms with Crippen LogP contribution in [-0.4, -0.2) is 17.3 Å². The number of nitrogen functional groups attached to an aromatic ring is 1. The van der Waals surface area contributed by atoms with Gasteiger partial charge in [0.15, 0.2) is 0 Å². The summed E-state index contributed by atoms with van der Waals surface area (Å²) in [7, 11) is 0. The maximum absolute atomic E-state index is 9.97. The van der Waals surface area contributed by atoms with E-state index in [1.54, 1.807) is 0 Å². The number of hydrogen-bond acceptors (Lipinski definition) is 3. The predicted molar refractivity (Wildman–Crippen MR) is 68.1 cm³/mol. The van der Waals surface area contributed by atoms with Gasteiger partial charge in [-0.15, -0.1) is 0 Å². The first-order valence-electron chi connectivity index (χ1n) is 5.81. The molecule has 0 bridgehead atoms. The minimum atomic E-state index is -0.627. The normalized spacial score (nSPS) is 14.7. The van der Waals surface area contributed by atoms with Crippen molar-refractivity contribution in [2.75, 3.05) is 12.3 Å². The minimum absolute atomic E-state index is 0.592. The minimum Gasteiger partial charge on any atom is -0.398 e. The molecule has 1 atom stereocenters. The maximum atomic E-state index is 9.97. The molecule has 0 aliphatic rings. The first-order valence-corrected chi connectivity index (χ1v) is 5.81. The largest absolute Gasteiger partial charge is 0.398 e. The van der Waals surface area contributed by atoms with Gasteiger partial charge in [-0.3, -0.25) is 0 Å². The quantitative estimate of drug-likeness (QED) is 0.644. The summed E-state index contributed by atoms with van der Waals surface area (Å²) in [5.41, 5.74) is 7.07. The highest BCUT2D eigenvalue weighted by molar-refractivity contribution is 5.46. The summed E-state index contributed by atoms with van der Waals surface area (Å²) in [5, 5.41) is 13.2. The van der Waals surface area contributed by atoms with E-state index in [0.29, 0.717) is 13.1 Å². The highest BCUT2D eigenvalue weighted by Gasteiger charge is 2.17. The number of aliphatic hydroxyl groups is 1. The van der Waals surface area contributed by atoms with Crippen LogP contribution in [0.3, 0.4) is 0 Å². The van der Waals surface area contributed by atoms with Gasteiger partial charge in [-0.2, -0.15) is 0 Å². The zero-order valence-electron chi connectivity index (χ0n) is 10.2. The Balaban J connectivity index is 2.39. The summed E-state index contributed by atoms with van der Waals surface area (Å²) in [6, 6.07) is 7.78. The molecule has 1 rings (SSSR count). The fourth-order valence-corrected chi connectivity index (χ4v) is 1.79. The monoisotopic (exact) mass is 222 g/mol. The van der Waals surface area contributed by atoms with Crippen LogP contribution in [0.15, 0.2) is 24.3 Å². The van der Waals surface area contributed by atoms with E-state index < -0.39 is 5.60 Å². The number of benzene rings is 1. The lowest BCUT2D eigenvalue weighted by molar-refractivity contribution is 0.0498. The zero-order chi connectivity index (χ0) is 12.0. The van der Waals surface area contributed by atoms with Crippen molar-refractivity contribution in [1.29, 1.82) is 0 Å². The Morgan fingerprint density at radius 1 is 1.38 bits per heavy atom. The third-order valence-corrected chi connectivity index (χ3v) is 2.66. The van der Waals surface area contributed by atoms with E-state index in [2.05, 4.69) is 12.2 Å². The smallest absolute Gasteiger partial charge is 0.0743 e. The molecule has 16 heavy (non-hydrogen) atoms. The van der Waals surface area contributed by atoms with Gasteiger partial charge in [-0.05, 0) is 25.0 Å². The summed E-state index contributed by atoms with van der Waals surface area (Å²) >= 11 is 0. The van der Waals surface area contributed by atoms with E-state index >= 15 is 0 Å². The van der Waals surface area contributed by atoms with E-state index in [9.17, 15) is 5.11 Å². The number of rotatable bonds is 6. The van der Waals surface area contributed by atoms with Gasteiger partial charge in [-0.25, -0.2) is 0 Å². The van der Waals surface area contributed by atoms with Crippen LogP contribution in [0.4, 0.5) is 5.69 Å². The third-order valence-electron chi connectivity index (χ3n) is 2.66. The summed E-state index contributed by atoms with van der Waals surface area (Å²) in [5.74, 6) is 0. The number of nitrogens with two attached hydrogens (primary N) is 1. The first kappa shape index (κ1) is 13.0. The molecule has 0 radical (unpaired) electrons. The SMILES string of the molecule is CCCC(C)(O)CNCc1ccccc1N. The fourth-order valence-electron chi connectivity index (χ4n) is 1.79. The van der Waals surface area contributed by atoms with Crippen molar-refractivity contribution in [1.82, 2.24) is 5.32 Å². The molecule has 1 aromatic carbocycles. The predicted octanol–water partition coefficient (Wildman–Crippen LogP) is 1.91. The van der Waals surface area contributed by atoms with Crippen molar-refractivity contribution in [2.45, 2.75) is 38.8 Å². The Hall–Kier alpha value is -1.06. The molecule has 1 unspecified atom stereocenters. The highest BCUT2D eigenvalue weighted by atomic mass is 16.3. The van der Waals surface area contributed by atoms with Gasteiger partial charge in [0.05, 0.1) is 5.60 Å². The molecule has 0 saturated heterocycles. The van der Waals surface area contributed by atoms with Crippen molar-refractivity contribution in [2.24, 2.45) is 0 Å². The summed E-state index contributed by atoms with van der Waals surface area (Å²) < 4.78 is 0. The van der Waals surface area contributed by atoms with Gasteiger partial charge >= 0.3 is 0 Å². The van der Waals surface area contributed by atoms with Crippen LogP contribution in [0, 0.1) is 0 Å². The van der Waals surface area contributed by atoms with E-state index in [0.717, 1.165) is 24.1 Å². The van der Waals surface area contributed by atoms with Gasteiger partial charge in [0.25, 0.3) is 0 Å².